The maximum Gasteiger partial charge on any atom is 0.304 e. The molecule has 16 heavy (non-hydrogen) atoms. The van der Waals surface area contributed by atoms with E-state index >= 15 is 0 Å². The number of phenols is 1. The third-order valence-electron chi connectivity index (χ3n) is 1.74. The standard InChI is InChI=1S/C10H7I2NO3/c1-5(14)16-9(4-13)6-2-7(11)10(15)8(12)3-6/h2-3,9,15H,1H3. The molecule has 6 heteroatoms. The van der Waals surface area contributed by atoms with Gasteiger partial charge in [0, 0.05) is 12.5 Å². The summed E-state index contributed by atoms with van der Waals surface area (Å²) in [5.41, 5.74) is 0.560. The van der Waals surface area contributed by atoms with Gasteiger partial charge in [-0.25, -0.2) is 0 Å². The average molecular weight is 443 g/mol. The first kappa shape index (κ1) is 13.5. The first-order chi connectivity index (χ1) is 7.45. The lowest BCUT2D eigenvalue weighted by molar-refractivity contribution is -0.144. The molecule has 0 aliphatic carbocycles. The largest absolute Gasteiger partial charge is 0.506 e. The summed E-state index contributed by atoms with van der Waals surface area (Å²) < 4.78 is 6.08. The number of ether oxygens (including phenoxy) is 1. The minimum atomic E-state index is -0.930. The second-order valence-electron chi connectivity index (χ2n) is 2.95. The zero-order chi connectivity index (χ0) is 12.3. The van der Waals surface area contributed by atoms with Crippen LogP contribution in [0.2, 0.25) is 0 Å². The molecule has 0 saturated carbocycles. The van der Waals surface area contributed by atoms with Gasteiger partial charge in [-0.1, -0.05) is 0 Å². The molecule has 0 heterocycles. The highest BCUT2D eigenvalue weighted by Gasteiger charge is 2.16. The number of carbonyl (C=O) groups is 1. The van der Waals surface area contributed by atoms with Crippen LogP contribution in [0, 0.1) is 18.5 Å². The van der Waals surface area contributed by atoms with Gasteiger partial charge in [-0.3, -0.25) is 4.79 Å². The predicted octanol–water partition coefficient (Wildman–Crippen LogP) is 2.73. The Labute approximate surface area is 120 Å². The van der Waals surface area contributed by atoms with Gasteiger partial charge in [0.15, 0.2) is 0 Å². The van der Waals surface area contributed by atoms with Crippen molar-refractivity contribution in [3.05, 3.63) is 24.8 Å². The van der Waals surface area contributed by atoms with Gasteiger partial charge in [-0.05, 0) is 57.3 Å². The minimum Gasteiger partial charge on any atom is -0.506 e. The number of benzene rings is 1. The van der Waals surface area contributed by atoms with Gasteiger partial charge < -0.3 is 9.84 Å². The fourth-order valence-electron chi connectivity index (χ4n) is 1.07. The van der Waals surface area contributed by atoms with Crippen molar-refractivity contribution in [2.24, 2.45) is 0 Å². The number of hydrogen-bond donors (Lipinski definition) is 1. The van der Waals surface area contributed by atoms with Crippen molar-refractivity contribution in [3.63, 3.8) is 0 Å². The second-order valence-corrected chi connectivity index (χ2v) is 5.28. The lowest BCUT2D eigenvalue weighted by Crippen LogP contribution is -2.07. The average Bonchev–Trinajstić information content (AvgIpc) is 2.21. The van der Waals surface area contributed by atoms with Gasteiger partial charge in [-0.2, -0.15) is 5.26 Å². The number of halogens is 2. The van der Waals surface area contributed by atoms with Gasteiger partial charge in [0.1, 0.15) is 11.8 Å². The monoisotopic (exact) mass is 443 g/mol. The highest BCUT2D eigenvalue weighted by Crippen LogP contribution is 2.30. The van der Waals surface area contributed by atoms with E-state index in [9.17, 15) is 9.90 Å². The summed E-state index contributed by atoms with van der Waals surface area (Å²) >= 11 is 3.91. The van der Waals surface area contributed by atoms with Crippen LogP contribution < -0.4 is 0 Å². The van der Waals surface area contributed by atoms with Crippen LogP contribution in [-0.4, -0.2) is 11.1 Å². The number of nitrogens with zero attached hydrogens (tertiary/aromatic N) is 1. The van der Waals surface area contributed by atoms with Crippen LogP contribution in [0.1, 0.15) is 18.6 Å². The number of aromatic hydroxyl groups is 1. The maximum absolute atomic E-state index is 10.8. The van der Waals surface area contributed by atoms with Crippen LogP contribution in [0.4, 0.5) is 0 Å². The van der Waals surface area contributed by atoms with Gasteiger partial charge in [0.2, 0.25) is 6.10 Å². The summed E-state index contributed by atoms with van der Waals surface area (Å²) in [6.45, 7) is 1.25. The number of phenolic OH excluding ortho intramolecular Hbond substituents is 1. The molecule has 0 bridgehead atoms. The van der Waals surface area contributed by atoms with Crippen LogP contribution >= 0.6 is 45.2 Å². The van der Waals surface area contributed by atoms with Crippen molar-refractivity contribution >= 4 is 51.2 Å². The molecule has 1 aromatic carbocycles. The van der Waals surface area contributed by atoms with E-state index in [4.69, 9.17) is 10.00 Å². The Hall–Kier alpha value is -0.560. The van der Waals surface area contributed by atoms with E-state index in [1.54, 1.807) is 12.1 Å². The molecule has 0 spiro atoms. The number of nitriles is 1. The van der Waals surface area contributed by atoms with Crippen LogP contribution in [0.15, 0.2) is 12.1 Å². The Kier molecular flexibility index (Phi) is 4.79. The normalized spacial score (nSPS) is 11.6. The SMILES string of the molecule is CC(=O)OC(C#N)c1cc(I)c(O)c(I)c1. The van der Waals surface area contributed by atoms with E-state index in [1.165, 1.54) is 6.92 Å². The summed E-state index contributed by atoms with van der Waals surface area (Å²) in [5.74, 6) is -0.339. The molecule has 0 radical (unpaired) electrons. The van der Waals surface area contributed by atoms with Crippen molar-refractivity contribution in [1.29, 1.82) is 5.26 Å². The second kappa shape index (κ2) is 5.67. The zero-order valence-corrected chi connectivity index (χ0v) is 12.5. The summed E-state index contributed by atoms with van der Waals surface area (Å²) in [6, 6.07) is 5.13. The molecule has 1 rings (SSSR count). The summed E-state index contributed by atoms with van der Waals surface area (Å²) in [5, 5.41) is 18.4. The van der Waals surface area contributed by atoms with E-state index in [0.29, 0.717) is 12.7 Å². The Morgan fingerprint density at radius 1 is 1.50 bits per heavy atom. The van der Waals surface area contributed by atoms with Gasteiger partial charge in [0.05, 0.1) is 7.14 Å². The summed E-state index contributed by atoms with van der Waals surface area (Å²) in [6.07, 6.45) is -0.930. The van der Waals surface area contributed by atoms with Crippen molar-refractivity contribution in [3.8, 4) is 11.8 Å². The van der Waals surface area contributed by atoms with Crippen molar-refractivity contribution in [2.75, 3.05) is 0 Å². The molecular weight excluding hydrogens is 436 g/mol. The molecule has 1 N–H and O–H groups in total. The van der Waals surface area contributed by atoms with Crippen molar-refractivity contribution < 1.29 is 14.6 Å². The zero-order valence-electron chi connectivity index (χ0n) is 8.20. The lowest BCUT2D eigenvalue weighted by Gasteiger charge is -2.11. The third-order valence-corrected chi connectivity index (χ3v) is 3.39. The van der Waals surface area contributed by atoms with Crippen molar-refractivity contribution in [1.82, 2.24) is 0 Å². The Balaban J connectivity index is 3.12. The highest BCUT2D eigenvalue weighted by atomic mass is 127. The molecule has 0 aliphatic heterocycles. The topological polar surface area (TPSA) is 70.3 Å². The lowest BCUT2D eigenvalue weighted by atomic mass is 10.1. The first-order valence-corrected chi connectivity index (χ1v) is 6.36. The number of hydrogen-bond acceptors (Lipinski definition) is 4. The van der Waals surface area contributed by atoms with Crippen LogP contribution in [0.3, 0.4) is 0 Å². The fraction of sp³-hybridized carbons (Fsp3) is 0.200. The van der Waals surface area contributed by atoms with E-state index < -0.39 is 12.1 Å². The summed E-state index contributed by atoms with van der Waals surface area (Å²) in [7, 11) is 0. The molecule has 1 atom stereocenters. The molecule has 4 nitrogen and oxygen atoms in total. The van der Waals surface area contributed by atoms with Crippen LogP contribution in [0.25, 0.3) is 0 Å². The predicted molar refractivity (Wildman–Crippen MR) is 73.7 cm³/mol. The molecule has 0 saturated heterocycles. The van der Waals surface area contributed by atoms with E-state index in [-0.39, 0.29) is 5.75 Å². The van der Waals surface area contributed by atoms with E-state index in [2.05, 4.69) is 0 Å². The molecule has 0 aromatic heterocycles. The number of carbonyl (C=O) groups excluding carboxylic acids is 1. The molecule has 1 unspecified atom stereocenters. The van der Waals surface area contributed by atoms with Gasteiger partial charge >= 0.3 is 5.97 Å². The van der Waals surface area contributed by atoms with Gasteiger partial charge in [0.25, 0.3) is 0 Å². The molecule has 0 aliphatic rings. The smallest absolute Gasteiger partial charge is 0.304 e. The molecular formula is C10H7I2NO3. The number of esters is 1. The Morgan fingerprint density at radius 3 is 2.38 bits per heavy atom. The van der Waals surface area contributed by atoms with Gasteiger partial charge in [-0.15, -0.1) is 0 Å². The molecule has 0 fully saturated rings. The highest BCUT2D eigenvalue weighted by molar-refractivity contribution is 14.1. The summed E-state index contributed by atoms with van der Waals surface area (Å²) in [4.78, 5) is 10.8. The quantitative estimate of drug-likeness (QED) is 0.564. The third kappa shape index (κ3) is 3.21. The van der Waals surface area contributed by atoms with Crippen LogP contribution in [0.5, 0.6) is 5.75 Å². The Bertz CT molecular complexity index is 445. The molecule has 0 amide bonds. The van der Waals surface area contributed by atoms with E-state index in [0.717, 1.165) is 0 Å². The Morgan fingerprint density at radius 2 is 2.00 bits per heavy atom. The molecule has 1 aromatic rings. The number of rotatable bonds is 2. The van der Waals surface area contributed by atoms with Crippen molar-refractivity contribution in [2.45, 2.75) is 13.0 Å². The maximum atomic E-state index is 10.8. The fourth-order valence-corrected chi connectivity index (χ4v) is 2.89. The molecule has 84 valence electrons. The van der Waals surface area contributed by atoms with Crippen LogP contribution in [-0.2, 0) is 9.53 Å². The minimum absolute atomic E-state index is 0.171. The van der Waals surface area contributed by atoms with E-state index in [1.807, 2.05) is 51.3 Å². The first-order valence-electron chi connectivity index (χ1n) is 4.20.